The topological polar surface area (TPSA) is 29.5 Å². The summed E-state index contributed by atoms with van der Waals surface area (Å²) in [6, 6.07) is 0. The highest BCUT2D eigenvalue weighted by Crippen LogP contribution is 2.01. The Labute approximate surface area is 70.6 Å². The summed E-state index contributed by atoms with van der Waals surface area (Å²) < 4.78 is 5.45. The summed E-state index contributed by atoms with van der Waals surface area (Å²) in [4.78, 5) is 0. The molecule has 0 radical (unpaired) electrons. The molecular weight excluding hydrogens is 156 g/mol. The van der Waals surface area contributed by atoms with E-state index in [1.165, 1.54) is 0 Å². The van der Waals surface area contributed by atoms with E-state index in [4.69, 9.17) is 9.84 Å². The summed E-state index contributed by atoms with van der Waals surface area (Å²) in [5, 5.41) is 8.48. The summed E-state index contributed by atoms with van der Waals surface area (Å²) in [5.74, 6) is 0. The summed E-state index contributed by atoms with van der Waals surface area (Å²) in [7, 11) is -1.00. The zero-order chi connectivity index (χ0) is 8.74. The van der Waals surface area contributed by atoms with Gasteiger partial charge in [-0.15, -0.1) is 0 Å². The van der Waals surface area contributed by atoms with Crippen molar-refractivity contribution in [1.82, 2.24) is 0 Å². The standard InChI is InChI=1S/C8H20O2Si/c1-11(2,3)8-10-7-5-4-6-9/h9H,4-8H2,1-3H3. The first-order valence-electron chi connectivity index (χ1n) is 4.25. The minimum atomic E-state index is -1.00. The van der Waals surface area contributed by atoms with Crippen LogP contribution in [0.2, 0.25) is 19.6 Å². The SMILES string of the molecule is C[Si](C)(C)COCCCCO. The average molecular weight is 176 g/mol. The van der Waals surface area contributed by atoms with Gasteiger partial charge < -0.3 is 9.84 Å². The van der Waals surface area contributed by atoms with Crippen LogP contribution in [0.1, 0.15) is 12.8 Å². The molecule has 11 heavy (non-hydrogen) atoms. The summed E-state index contributed by atoms with van der Waals surface area (Å²) in [5.41, 5.74) is 0. The van der Waals surface area contributed by atoms with Gasteiger partial charge in [0.05, 0.1) is 8.07 Å². The van der Waals surface area contributed by atoms with E-state index in [1.54, 1.807) is 0 Å². The molecule has 3 heteroatoms. The maximum atomic E-state index is 8.48. The predicted molar refractivity (Wildman–Crippen MR) is 50.5 cm³/mol. The summed E-state index contributed by atoms with van der Waals surface area (Å²) in [6.45, 7) is 7.97. The lowest BCUT2D eigenvalue weighted by Crippen LogP contribution is -2.28. The van der Waals surface area contributed by atoms with Crippen molar-refractivity contribution in [3.05, 3.63) is 0 Å². The Bertz CT molecular complexity index is 88.6. The number of unbranched alkanes of at least 4 members (excludes halogenated alkanes) is 1. The minimum absolute atomic E-state index is 0.288. The molecule has 1 N–H and O–H groups in total. The molecule has 0 unspecified atom stereocenters. The maximum absolute atomic E-state index is 8.48. The molecule has 0 bridgehead atoms. The minimum Gasteiger partial charge on any atom is -0.396 e. The maximum Gasteiger partial charge on any atom is 0.0746 e. The van der Waals surface area contributed by atoms with Crippen molar-refractivity contribution >= 4 is 8.07 Å². The number of hydrogen-bond acceptors (Lipinski definition) is 2. The number of aliphatic hydroxyl groups is 1. The predicted octanol–water partition coefficient (Wildman–Crippen LogP) is 1.65. The van der Waals surface area contributed by atoms with Gasteiger partial charge in [0.2, 0.25) is 0 Å². The van der Waals surface area contributed by atoms with Gasteiger partial charge >= 0.3 is 0 Å². The summed E-state index contributed by atoms with van der Waals surface area (Å²) in [6.07, 6.45) is 2.80. The van der Waals surface area contributed by atoms with Crippen molar-refractivity contribution in [3.63, 3.8) is 0 Å². The lowest BCUT2D eigenvalue weighted by atomic mass is 10.3. The third kappa shape index (κ3) is 10.1. The van der Waals surface area contributed by atoms with Crippen LogP contribution in [0.25, 0.3) is 0 Å². The van der Waals surface area contributed by atoms with E-state index in [1.807, 2.05) is 0 Å². The Balaban J connectivity index is 3.02. The third-order valence-electron chi connectivity index (χ3n) is 1.23. The van der Waals surface area contributed by atoms with Crippen LogP contribution in [0.3, 0.4) is 0 Å². The summed E-state index contributed by atoms with van der Waals surface area (Å²) >= 11 is 0. The molecule has 0 rings (SSSR count). The average Bonchev–Trinajstić information content (AvgIpc) is 1.85. The van der Waals surface area contributed by atoms with Gasteiger partial charge in [0.15, 0.2) is 0 Å². The van der Waals surface area contributed by atoms with E-state index in [0.29, 0.717) is 0 Å². The molecule has 68 valence electrons. The highest BCUT2D eigenvalue weighted by Gasteiger charge is 2.12. The number of hydrogen-bond donors (Lipinski definition) is 1. The largest absolute Gasteiger partial charge is 0.396 e. The van der Waals surface area contributed by atoms with Crippen LogP contribution in [-0.2, 0) is 4.74 Å². The Morgan fingerprint density at radius 3 is 2.27 bits per heavy atom. The molecule has 0 saturated carbocycles. The molecule has 0 aromatic heterocycles. The van der Waals surface area contributed by atoms with Crippen LogP contribution in [-0.4, -0.2) is 32.6 Å². The van der Waals surface area contributed by atoms with Crippen molar-refractivity contribution < 1.29 is 9.84 Å². The molecule has 0 aromatic rings. The Morgan fingerprint density at radius 2 is 1.82 bits per heavy atom. The van der Waals surface area contributed by atoms with Gasteiger partial charge in [-0.1, -0.05) is 19.6 Å². The fraction of sp³-hybridized carbons (Fsp3) is 1.00. The van der Waals surface area contributed by atoms with Crippen molar-refractivity contribution in [3.8, 4) is 0 Å². The van der Waals surface area contributed by atoms with Gasteiger partial charge in [-0.2, -0.15) is 0 Å². The van der Waals surface area contributed by atoms with Crippen LogP contribution in [0.15, 0.2) is 0 Å². The second-order valence-electron chi connectivity index (χ2n) is 4.04. The van der Waals surface area contributed by atoms with Gasteiger partial charge in [-0.05, 0) is 12.8 Å². The first-order chi connectivity index (χ1) is 5.06. The van der Waals surface area contributed by atoms with Crippen LogP contribution < -0.4 is 0 Å². The molecular formula is C8H20O2Si. The second kappa shape index (κ2) is 5.74. The van der Waals surface area contributed by atoms with Crippen molar-refractivity contribution in [2.75, 3.05) is 19.4 Å². The Hall–Kier alpha value is 0.137. The highest BCUT2D eigenvalue weighted by molar-refractivity contribution is 6.76. The first-order valence-corrected chi connectivity index (χ1v) is 7.95. The lowest BCUT2D eigenvalue weighted by Gasteiger charge is -2.15. The van der Waals surface area contributed by atoms with E-state index in [9.17, 15) is 0 Å². The molecule has 0 atom stereocenters. The van der Waals surface area contributed by atoms with E-state index in [0.717, 1.165) is 25.7 Å². The van der Waals surface area contributed by atoms with E-state index in [-0.39, 0.29) is 6.61 Å². The lowest BCUT2D eigenvalue weighted by molar-refractivity contribution is 0.159. The first kappa shape index (κ1) is 11.1. The van der Waals surface area contributed by atoms with Gasteiger partial charge in [-0.25, -0.2) is 0 Å². The molecule has 0 heterocycles. The van der Waals surface area contributed by atoms with E-state index < -0.39 is 8.07 Å². The van der Waals surface area contributed by atoms with Crippen LogP contribution in [0, 0.1) is 0 Å². The number of rotatable bonds is 6. The second-order valence-corrected chi connectivity index (χ2v) is 9.45. The van der Waals surface area contributed by atoms with E-state index in [2.05, 4.69) is 19.6 Å². The fourth-order valence-corrected chi connectivity index (χ4v) is 1.45. The molecule has 0 aliphatic heterocycles. The Kier molecular flexibility index (Phi) is 5.82. The van der Waals surface area contributed by atoms with Gasteiger partial charge in [0.1, 0.15) is 0 Å². The fourth-order valence-electron chi connectivity index (χ4n) is 0.694. The van der Waals surface area contributed by atoms with E-state index >= 15 is 0 Å². The van der Waals surface area contributed by atoms with Crippen LogP contribution in [0.4, 0.5) is 0 Å². The zero-order valence-corrected chi connectivity index (χ0v) is 8.89. The van der Waals surface area contributed by atoms with Crippen molar-refractivity contribution in [1.29, 1.82) is 0 Å². The quantitative estimate of drug-likeness (QED) is 0.492. The van der Waals surface area contributed by atoms with Crippen LogP contribution in [0.5, 0.6) is 0 Å². The molecule has 0 aromatic carbocycles. The molecule has 0 amide bonds. The number of aliphatic hydroxyl groups excluding tert-OH is 1. The van der Waals surface area contributed by atoms with Gasteiger partial charge in [-0.3, -0.25) is 0 Å². The normalized spacial score (nSPS) is 12.0. The van der Waals surface area contributed by atoms with Crippen molar-refractivity contribution in [2.24, 2.45) is 0 Å². The van der Waals surface area contributed by atoms with Gasteiger partial charge in [0, 0.05) is 19.4 Å². The molecule has 2 nitrogen and oxygen atoms in total. The smallest absolute Gasteiger partial charge is 0.0746 e. The number of ether oxygens (including phenoxy) is 1. The Morgan fingerprint density at radius 1 is 1.18 bits per heavy atom. The van der Waals surface area contributed by atoms with Crippen LogP contribution >= 0.6 is 0 Å². The zero-order valence-electron chi connectivity index (χ0n) is 7.89. The van der Waals surface area contributed by atoms with Gasteiger partial charge in [0.25, 0.3) is 0 Å². The van der Waals surface area contributed by atoms with Crippen molar-refractivity contribution in [2.45, 2.75) is 32.5 Å². The molecule has 0 aliphatic rings. The molecule has 0 spiro atoms. The highest BCUT2D eigenvalue weighted by atomic mass is 28.3. The molecule has 0 saturated heterocycles. The molecule has 0 fully saturated rings. The third-order valence-corrected chi connectivity index (χ3v) is 2.30. The molecule has 0 aliphatic carbocycles. The monoisotopic (exact) mass is 176 g/mol.